The molecule has 0 saturated carbocycles. The average molecular weight is 560 g/mol. The Morgan fingerprint density at radius 2 is 1.87 bits per heavy atom. The standard InChI is InChI=1S/C29H22FN3O4S2/c1-37-22-9-5-8-20(16-22)25-24(23(34)15-12-18-6-3-2-4-7-18)26(35)27(36)33(25)28-31-32-29(39-28)38-17-19-10-13-21(30)14-11-19/h2-16,25,35H,17H2,1H3. The van der Waals surface area contributed by atoms with Crippen molar-refractivity contribution in [2.24, 2.45) is 0 Å². The SMILES string of the molecule is COc1cccc(C2C(C(=O)C=Cc3ccccc3)=C(O)C(=O)N2c2nnc(SCc3ccc(F)cc3)s2)c1. The zero-order valence-electron chi connectivity index (χ0n) is 20.7. The van der Waals surface area contributed by atoms with Gasteiger partial charge in [-0.25, -0.2) is 4.39 Å². The lowest BCUT2D eigenvalue weighted by Gasteiger charge is -2.24. The molecule has 1 aromatic heterocycles. The van der Waals surface area contributed by atoms with Gasteiger partial charge in [-0.3, -0.25) is 14.5 Å². The van der Waals surface area contributed by atoms with Crippen molar-refractivity contribution in [1.82, 2.24) is 10.2 Å². The summed E-state index contributed by atoms with van der Waals surface area (Å²) >= 11 is 2.55. The van der Waals surface area contributed by atoms with Crippen LogP contribution in [0.5, 0.6) is 5.75 Å². The first-order chi connectivity index (χ1) is 18.9. The molecule has 1 aliphatic rings. The van der Waals surface area contributed by atoms with Crippen LogP contribution < -0.4 is 9.64 Å². The van der Waals surface area contributed by atoms with Crippen molar-refractivity contribution in [2.45, 2.75) is 16.1 Å². The number of carbonyl (C=O) groups excluding carboxylic acids is 2. The summed E-state index contributed by atoms with van der Waals surface area (Å²) in [5, 5.41) is 19.6. The molecular formula is C29H22FN3O4S2. The Balaban J connectivity index is 1.47. The van der Waals surface area contributed by atoms with Gasteiger partial charge in [0.25, 0.3) is 5.91 Å². The number of ether oxygens (including phenoxy) is 1. The van der Waals surface area contributed by atoms with Crippen LogP contribution in [0.2, 0.25) is 0 Å². The minimum absolute atomic E-state index is 0.0591. The van der Waals surface area contributed by atoms with E-state index in [1.165, 1.54) is 42.0 Å². The molecule has 3 aromatic carbocycles. The third-order valence-electron chi connectivity index (χ3n) is 5.99. The highest BCUT2D eigenvalue weighted by molar-refractivity contribution is 8.00. The number of benzene rings is 3. The van der Waals surface area contributed by atoms with Crippen molar-refractivity contribution in [3.05, 3.63) is 119 Å². The summed E-state index contributed by atoms with van der Waals surface area (Å²) in [6.45, 7) is 0. The smallest absolute Gasteiger partial charge is 0.296 e. The van der Waals surface area contributed by atoms with E-state index < -0.39 is 23.5 Å². The van der Waals surface area contributed by atoms with Crippen molar-refractivity contribution in [3.63, 3.8) is 0 Å². The zero-order valence-corrected chi connectivity index (χ0v) is 22.3. The third kappa shape index (κ3) is 5.76. The molecule has 0 spiro atoms. The van der Waals surface area contributed by atoms with Crippen LogP contribution >= 0.6 is 23.1 Å². The van der Waals surface area contributed by atoms with E-state index in [1.807, 2.05) is 30.3 Å². The van der Waals surface area contributed by atoms with Crippen LogP contribution in [0.25, 0.3) is 6.08 Å². The van der Waals surface area contributed by atoms with E-state index in [0.717, 1.165) is 22.5 Å². The van der Waals surface area contributed by atoms with Crippen LogP contribution in [0.15, 0.2) is 101 Å². The summed E-state index contributed by atoms with van der Waals surface area (Å²) in [7, 11) is 1.52. The Morgan fingerprint density at radius 3 is 2.62 bits per heavy atom. The van der Waals surface area contributed by atoms with Crippen molar-refractivity contribution in [3.8, 4) is 5.75 Å². The van der Waals surface area contributed by atoms with E-state index in [4.69, 9.17) is 4.74 Å². The molecule has 4 aromatic rings. The Labute approximate surface area is 232 Å². The van der Waals surface area contributed by atoms with Gasteiger partial charge in [0, 0.05) is 5.75 Å². The van der Waals surface area contributed by atoms with E-state index in [9.17, 15) is 19.1 Å². The number of aliphatic hydroxyl groups excluding tert-OH is 1. The van der Waals surface area contributed by atoms with Gasteiger partial charge in [0.15, 0.2) is 15.9 Å². The summed E-state index contributed by atoms with van der Waals surface area (Å²) in [6, 6.07) is 21.4. The summed E-state index contributed by atoms with van der Waals surface area (Å²) in [5.74, 6) is -1.14. The van der Waals surface area contributed by atoms with Gasteiger partial charge in [0.05, 0.1) is 18.7 Å². The normalized spacial score (nSPS) is 15.4. The average Bonchev–Trinajstić information content (AvgIpc) is 3.54. The van der Waals surface area contributed by atoms with Crippen molar-refractivity contribution in [2.75, 3.05) is 12.0 Å². The molecule has 1 atom stereocenters. The fraction of sp³-hybridized carbons (Fsp3) is 0.103. The second kappa shape index (κ2) is 11.6. The maximum atomic E-state index is 13.4. The molecule has 5 rings (SSSR count). The number of anilines is 1. The van der Waals surface area contributed by atoms with Crippen LogP contribution in [0.4, 0.5) is 9.52 Å². The van der Waals surface area contributed by atoms with Crippen molar-refractivity contribution < 1.29 is 23.8 Å². The molecule has 10 heteroatoms. The predicted octanol–water partition coefficient (Wildman–Crippen LogP) is 6.16. The number of halogens is 1. The van der Waals surface area contributed by atoms with E-state index in [1.54, 1.807) is 42.5 Å². The first-order valence-corrected chi connectivity index (χ1v) is 13.6. The Bertz CT molecular complexity index is 1570. The summed E-state index contributed by atoms with van der Waals surface area (Å²) < 4.78 is 19.2. The number of aliphatic hydroxyl groups is 1. The molecule has 0 saturated heterocycles. The van der Waals surface area contributed by atoms with E-state index in [2.05, 4.69) is 10.2 Å². The van der Waals surface area contributed by atoms with Gasteiger partial charge in [-0.1, -0.05) is 83.8 Å². The van der Waals surface area contributed by atoms with Gasteiger partial charge in [0.1, 0.15) is 11.6 Å². The van der Waals surface area contributed by atoms with Gasteiger partial charge in [-0.15, -0.1) is 10.2 Å². The quantitative estimate of drug-likeness (QED) is 0.149. The highest BCUT2D eigenvalue weighted by Gasteiger charge is 2.45. The Hall–Kier alpha value is -4.28. The maximum Gasteiger partial charge on any atom is 0.296 e. The molecule has 7 nitrogen and oxygen atoms in total. The number of methoxy groups -OCH3 is 1. The fourth-order valence-electron chi connectivity index (χ4n) is 4.09. The number of carbonyl (C=O) groups is 2. The molecule has 1 amide bonds. The maximum absolute atomic E-state index is 13.4. The minimum Gasteiger partial charge on any atom is -0.503 e. The first kappa shape index (κ1) is 26.3. The second-order valence-corrected chi connectivity index (χ2v) is 10.7. The zero-order chi connectivity index (χ0) is 27.4. The van der Waals surface area contributed by atoms with Crippen molar-refractivity contribution >= 4 is 46.0 Å². The molecule has 1 aliphatic heterocycles. The molecule has 1 N–H and O–H groups in total. The van der Waals surface area contributed by atoms with Gasteiger partial charge in [-0.2, -0.15) is 0 Å². The topological polar surface area (TPSA) is 92.6 Å². The third-order valence-corrected chi connectivity index (χ3v) is 8.11. The van der Waals surface area contributed by atoms with Crippen molar-refractivity contribution in [1.29, 1.82) is 0 Å². The highest BCUT2D eigenvalue weighted by Crippen LogP contribution is 2.43. The van der Waals surface area contributed by atoms with Gasteiger partial charge >= 0.3 is 0 Å². The summed E-state index contributed by atoms with van der Waals surface area (Å²) in [6.07, 6.45) is 2.97. The van der Waals surface area contributed by atoms with Crippen LogP contribution in [0.3, 0.4) is 0 Å². The molecule has 1 unspecified atom stereocenters. The van der Waals surface area contributed by atoms with Crippen LogP contribution in [0, 0.1) is 5.82 Å². The molecule has 0 aliphatic carbocycles. The number of thioether (sulfide) groups is 1. The summed E-state index contributed by atoms with van der Waals surface area (Å²) in [5.41, 5.74) is 2.22. The molecule has 2 heterocycles. The number of amides is 1. The minimum atomic E-state index is -0.941. The molecule has 0 fully saturated rings. The number of nitrogens with zero attached hydrogens (tertiary/aromatic N) is 3. The summed E-state index contributed by atoms with van der Waals surface area (Å²) in [4.78, 5) is 28.0. The Morgan fingerprint density at radius 1 is 1.10 bits per heavy atom. The fourth-order valence-corrected chi connectivity index (χ4v) is 5.91. The number of ketones is 1. The van der Waals surface area contributed by atoms with E-state index in [0.29, 0.717) is 21.4 Å². The lowest BCUT2D eigenvalue weighted by Crippen LogP contribution is -2.30. The Kier molecular flexibility index (Phi) is 7.85. The van der Waals surface area contributed by atoms with E-state index >= 15 is 0 Å². The number of rotatable bonds is 9. The molecule has 196 valence electrons. The van der Waals surface area contributed by atoms with Crippen LogP contribution in [-0.2, 0) is 15.3 Å². The van der Waals surface area contributed by atoms with Crippen LogP contribution in [0.1, 0.15) is 22.7 Å². The molecule has 0 radical (unpaired) electrons. The molecule has 0 bridgehead atoms. The highest BCUT2D eigenvalue weighted by atomic mass is 32.2. The number of hydrogen-bond donors (Lipinski definition) is 1. The largest absolute Gasteiger partial charge is 0.503 e. The number of allylic oxidation sites excluding steroid dienone is 1. The van der Waals surface area contributed by atoms with E-state index in [-0.39, 0.29) is 16.5 Å². The lowest BCUT2D eigenvalue weighted by molar-refractivity contribution is -0.117. The molecular weight excluding hydrogens is 537 g/mol. The van der Waals surface area contributed by atoms with Gasteiger partial charge in [0.2, 0.25) is 5.13 Å². The van der Waals surface area contributed by atoms with Gasteiger partial charge < -0.3 is 9.84 Å². The van der Waals surface area contributed by atoms with Gasteiger partial charge in [-0.05, 0) is 47.0 Å². The monoisotopic (exact) mass is 559 g/mol. The second-order valence-electron chi connectivity index (χ2n) is 8.49. The number of hydrogen-bond acceptors (Lipinski definition) is 8. The number of aromatic nitrogens is 2. The first-order valence-electron chi connectivity index (χ1n) is 11.8. The molecule has 39 heavy (non-hydrogen) atoms. The van der Waals surface area contributed by atoms with Crippen LogP contribution in [-0.4, -0.2) is 34.1 Å². The lowest BCUT2D eigenvalue weighted by atomic mass is 9.95. The predicted molar refractivity (Wildman–Crippen MR) is 149 cm³/mol.